The topological polar surface area (TPSA) is 45.5 Å². The highest BCUT2D eigenvalue weighted by atomic mass is 19.1. The zero-order chi connectivity index (χ0) is 20.4. The van der Waals surface area contributed by atoms with Crippen molar-refractivity contribution >= 4 is 16.8 Å². The highest BCUT2D eigenvalue weighted by Crippen LogP contribution is 2.33. The SMILES string of the molecule is CCn1cc(CC(=O)N2CCC[C@](O)(c3ccc(F)cc3)CC2)c2ccccc21. The van der Waals surface area contributed by atoms with E-state index in [1.54, 1.807) is 12.1 Å². The van der Waals surface area contributed by atoms with Crippen LogP contribution in [0.2, 0.25) is 0 Å². The van der Waals surface area contributed by atoms with Crippen LogP contribution in [0.4, 0.5) is 4.39 Å². The zero-order valence-electron chi connectivity index (χ0n) is 16.8. The number of carbonyl (C=O) groups excluding carboxylic acids is 1. The molecule has 0 unspecified atom stereocenters. The Kier molecular flexibility index (Phi) is 5.41. The first-order chi connectivity index (χ1) is 14.0. The molecular weight excluding hydrogens is 367 g/mol. The minimum absolute atomic E-state index is 0.0902. The second-order valence-corrected chi connectivity index (χ2v) is 7.91. The summed E-state index contributed by atoms with van der Waals surface area (Å²) in [7, 11) is 0. The van der Waals surface area contributed by atoms with Crippen LogP contribution in [0.15, 0.2) is 54.7 Å². The Labute approximate surface area is 170 Å². The fourth-order valence-electron chi connectivity index (χ4n) is 4.42. The van der Waals surface area contributed by atoms with Crippen LogP contribution in [0.3, 0.4) is 0 Å². The summed E-state index contributed by atoms with van der Waals surface area (Å²) in [5.41, 5.74) is 1.91. The number of rotatable bonds is 4. The smallest absolute Gasteiger partial charge is 0.227 e. The van der Waals surface area contributed by atoms with Crippen molar-refractivity contribution in [3.8, 4) is 0 Å². The molecule has 1 fully saturated rings. The molecule has 3 aromatic rings. The number of aryl methyl sites for hydroxylation is 1. The fraction of sp³-hybridized carbons (Fsp3) is 0.375. The highest BCUT2D eigenvalue weighted by molar-refractivity contribution is 5.89. The van der Waals surface area contributed by atoms with Gasteiger partial charge in [-0.2, -0.15) is 0 Å². The van der Waals surface area contributed by atoms with E-state index in [4.69, 9.17) is 0 Å². The van der Waals surface area contributed by atoms with Crippen LogP contribution >= 0.6 is 0 Å². The van der Waals surface area contributed by atoms with Crippen LogP contribution in [0.25, 0.3) is 10.9 Å². The quantitative estimate of drug-likeness (QED) is 0.719. The summed E-state index contributed by atoms with van der Waals surface area (Å²) >= 11 is 0. The number of halogens is 1. The molecule has 1 saturated heterocycles. The molecule has 4 nitrogen and oxygen atoms in total. The Morgan fingerprint density at radius 2 is 1.86 bits per heavy atom. The standard InChI is InChI=1S/C24H27FN2O2/c1-2-26-17-18(21-6-3-4-7-22(21)26)16-23(28)27-14-5-12-24(29,13-15-27)19-8-10-20(25)11-9-19/h3-4,6-11,17,29H,2,5,12-16H2,1H3/t24-/m1/s1. The lowest BCUT2D eigenvalue weighted by molar-refractivity contribution is -0.130. The van der Waals surface area contributed by atoms with Gasteiger partial charge in [0.05, 0.1) is 12.0 Å². The third-order valence-electron chi connectivity index (χ3n) is 6.10. The fourth-order valence-corrected chi connectivity index (χ4v) is 4.42. The molecule has 1 aromatic heterocycles. The van der Waals surface area contributed by atoms with Crippen molar-refractivity contribution in [2.24, 2.45) is 0 Å². The van der Waals surface area contributed by atoms with Crippen LogP contribution in [0.1, 0.15) is 37.3 Å². The van der Waals surface area contributed by atoms with Gasteiger partial charge in [0.2, 0.25) is 5.91 Å². The Hall–Kier alpha value is -2.66. The molecule has 5 heteroatoms. The number of aromatic nitrogens is 1. The number of amides is 1. The minimum Gasteiger partial charge on any atom is -0.385 e. The number of carbonyl (C=O) groups is 1. The number of para-hydroxylation sites is 1. The van der Waals surface area contributed by atoms with E-state index in [9.17, 15) is 14.3 Å². The lowest BCUT2D eigenvalue weighted by Crippen LogP contribution is -2.34. The molecule has 0 spiro atoms. The second-order valence-electron chi connectivity index (χ2n) is 7.91. The van der Waals surface area contributed by atoms with E-state index in [2.05, 4.69) is 29.8 Å². The van der Waals surface area contributed by atoms with Crippen molar-refractivity contribution in [1.82, 2.24) is 9.47 Å². The van der Waals surface area contributed by atoms with Gasteiger partial charge in [-0.15, -0.1) is 0 Å². The minimum atomic E-state index is -1.01. The first-order valence-electron chi connectivity index (χ1n) is 10.3. The average Bonchev–Trinajstić information content (AvgIpc) is 2.95. The van der Waals surface area contributed by atoms with Crippen LogP contribution in [0.5, 0.6) is 0 Å². The molecule has 2 aromatic carbocycles. The molecule has 152 valence electrons. The number of hydrogen-bond donors (Lipinski definition) is 1. The van der Waals surface area contributed by atoms with Crippen molar-refractivity contribution in [3.05, 3.63) is 71.7 Å². The Morgan fingerprint density at radius 1 is 1.10 bits per heavy atom. The van der Waals surface area contributed by atoms with E-state index >= 15 is 0 Å². The van der Waals surface area contributed by atoms with E-state index in [1.807, 2.05) is 17.0 Å². The molecule has 1 amide bonds. The molecule has 1 aliphatic heterocycles. The number of benzene rings is 2. The summed E-state index contributed by atoms with van der Waals surface area (Å²) in [5.74, 6) is -0.221. The van der Waals surface area contributed by atoms with Gasteiger partial charge in [0.25, 0.3) is 0 Å². The van der Waals surface area contributed by atoms with Crippen molar-refractivity contribution < 1.29 is 14.3 Å². The molecule has 1 N–H and O–H groups in total. The first kappa shape index (κ1) is 19.6. The molecule has 0 saturated carbocycles. The van der Waals surface area contributed by atoms with E-state index in [-0.39, 0.29) is 11.7 Å². The van der Waals surface area contributed by atoms with Crippen molar-refractivity contribution in [3.63, 3.8) is 0 Å². The number of aliphatic hydroxyl groups is 1. The monoisotopic (exact) mass is 394 g/mol. The van der Waals surface area contributed by atoms with Gasteiger partial charge in [-0.1, -0.05) is 30.3 Å². The van der Waals surface area contributed by atoms with Gasteiger partial charge in [0.1, 0.15) is 5.82 Å². The largest absolute Gasteiger partial charge is 0.385 e. The van der Waals surface area contributed by atoms with Crippen LogP contribution in [0, 0.1) is 5.82 Å². The third kappa shape index (κ3) is 3.92. The maximum Gasteiger partial charge on any atom is 0.227 e. The lowest BCUT2D eigenvalue weighted by Gasteiger charge is -2.27. The summed E-state index contributed by atoms with van der Waals surface area (Å²) in [6, 6.07) is 14.2. The number of fused-ring (bicyclic) bond motifs is 1. The van der Waals surface area contributed by atoms with Gasteiger partial charge in [-0.05, 0) is 55.5 Å². The average molecular weight is 394 g/mol. The second kappa shape index (κ2) is 7.99. The van der Waals surface area contributed by atoms with Gasteiger partial charge in [0, 0.05) is 36.7 Å². The highest BCUT2D eigenvalue weighted by Gasteiger charge is 2.33. The maximum atomic E-state index is 13.2. The lowest BCUT2D eigenvalue weighted by atomic mass is 9.87. The van der Waals surface area contributed by atoms with Crippen LogP contribution < -0.4 is 0 Å². The van der Waals surface area contributed by atoms with Crippen LogP contribution in [-0.4, -0.2) is 33.6 Å². The van der Waals surface area contributed by atoms with E-state index < -0.39 is 5.60 Å². The van der Waals surface area contributed by atoms with Crippen molar-refractivity contribution in [2.45, 2.75) is 44.8 Å². The summed E-state index contributed by atoms with van der Waals surface area (Å²) in [6.07, 6.45) is 4.19. The van der Waals surface area contributed by atoms with Gasteiger partial charge >= 0.3 is 0 Å². The number of hydrogen-bond acceptors (Lipinski definition) is 2. The molecule has 0 bridgehead atoms. The van der Waals surface area contributed by atoms with Crippen molar-refractivity contribution in [2.75, 3.05) is 13.1 Å². The predicted octanol–water partition coefficient (Wildman–Crippen LogP) is 4.24. The van der Waals surface area contributed by atoms with Gasteiger partial charge in [-0.25, -0.2) is 4.39 Å². The molecular formula is C24H27FN2O2. The normalized spacial score (nSPS) is 20.0. The molecule has 1 aliphatic rings. The molecule has 0 radical (unpaired) electrons. The predicted molar refractivity (Wildman–Crippen MR) is 112 cm³/mol. The number of likely N-dealkylation sites (tertiary alicyclic amines) is 1. The van der Waals surface area contributed by atoms with Gasteiger partial charge < -0.3 is 14.6 Å². The van der Waals surface area contributed by atoms with Crippen molar-refractivity contribution in [1.29, 1.82) is 0 Å². The summed E-state index contributed by atoms with van der Waals surface area (Å²) in [4.78, 5) is 14.9. The van der Waals surface area contributed by atoms with E-state index in [0.29, 0.717) is 32.4 Å². The van der Waals surface area contributed by atoms with Crippen LogP contribution in [-0.2, 0) is 23.4 Å². The first-order valence-corrected chi connectivity index (χ1v) is 10.3. The number of nitrogens with zero attached hydrogens (tertiary/aromatic N) is 2. The zero-order valence-corrected chi connectivity index (χ0v) is 16.8. The molecule has 4 rings (SSSR count). The summed E-state index contributed by atoms with van der Waals surface area (Å²) in [6.45, 7) is 4.10. The van der Waals surface area contributed by atoms with Gasteiger partial charge in [-0.3, -0.25) is 4.79 Å². The molecule has 29 heavy (non-hydrogen) atoms. The van der Waals surface area contributed by atoms with E-state index in [1.165, 1.54) is 12.1 Å². The summed E-state index contributed by atoms with van der Waals surface area (Å²) < 4.78 is 15.4. The molecule has 1 atom stereocenters. The third-order valence-corrected chi connectivity index (χ3v) is 6.10. The Morgan fingerprint density at radius 3 is 2.62 bits per heavy atom. The van der Waals surface area contributed by atoms with E-state index in [0.717, 1.165) is 35.0 Å². The molecule has 2 heterocycles. The maximum absolute atomic E-state index is 13.2. The molecule has 0 aliphatic carbocycles. The Balaban J connectivity index is 1.49. The van der Waals surface area contributed by atoms with Gasteiger partial charge in [0.15, 0.2) is 0 Å². The Bertz CT molecular complexity index is 1010. The summed E-state index contributed by atoms with van der Waals surface area (Å²) in [5, 5.41) is 12.2.